The largest absolute Gasteiger partial charge is 0.478 e. The number of nitro groups is 1. The van der Waals surface area contributed by atoms with Gasteiger partial charge in [0, 0.05) is 9.64 Å². The first-order valence-corrected chi connectivity index (χ1v) is 6.70. The molecule has 0 amide bonds. The van der Waals surface area contributed by atoms with Crippen LogP contribution in [0.4, 0.5) is 21.5 Å². The molecule has 2 rings (SSSR count). The van der Waals surface area contributed by atoms with Crippen molar-refractivity contribution >= 4 is 45.6 Å². The maximum Gasteiger partial charge on any atom is 0.335 e. The van der Waals surface area contributed by atoms with Gasteiger partial charge in [0.2, 0.25) is 0 Å². The highest BCUT2D eigenvalue weighted by atomic mass is 127. The average Bonchev–Trinajstić information content (AvgIpc) is 2.41. The summed E-state index contributed by atoms with van der Waals surface area (Å²) in [5, 5.41) is 22.7. The van der Waals surface area contributed by atoms with E-state index in [1.807, 2.05) is 22.6 Å². The zero-order chi connectivity index (χ0) is 15.6. The first kappa shape index (κ1) is 15.2. The van der Waals surface area contributed by atoms with Crippen LogP contribution in [0.3, 0.4) is 0 Å². The second-order valence-corrected chi connectivity index (χ2v) is 5.21. The number of carbonyl (C=O) groups is 1. The third kappa shape index (κ3) is 3.45. The lowest BCUT2D eigenvalue weighted by Gasteiger charge is -2.09. The summed E-state index contributed by atoms with van der Waals surface area (Å²) in [7, 11) is 0. The van der Waals surface area contributed by atoms with Crippen molar-refractivity contribution in [3.63, 3.8) is 0 Å². The lowest BCUT2D eigenvalue weighted by atomic mass is 10.1. The summed E-state index contributed by atoms with van der Waals surface area (Å²) in [6.07, 6.45) is 0. The Kier molecular flexibility index (Phi) is 4.36. The Bertz CT molecular complexity index is 736. The number of hydrogen-bond acceptors (Lipinski definition) is 4. The number of carboxylic acid groups (broad SMARTS) is 1. The van der Waals surface area contributed by atoms with Crippen molar-refractivity contribution in [2.45, 2.75) is 0 Å². The minimum absolute atomic E-state index is 0.134. The molecule has 0 spiro atoms. The zero-order valence-corrected chi connectivity index (χ0v) is 12.5. The van der Waals surface area contributed by atoms with Gasteiger partial charge in [0.25, 0.3) is 5.69 Å². The summed E-state index contributed by atoms with van der Waals surface area (Å²) >= 11 is 1.89. The molecule has 2 aromatic rings. The SMILES string of the molecule is O=C(O)c1ccc(Nc2ccc(F)cc2I)c([N+](=O)[O-])c1. The van der Waals surface area contributed by atoms with Gasteiger partial charge in [-0.1, -0.05) is 0 Å². The molecule has 6 nitrogen and oxygen atoms in total. The van der Waals surface area contributed by atoms with E-state index < -0.39 is 16.7 Å². The molecular weight excluding hydrogens is 394 g/mol. The van der Waals surface area contributed by atoms with E-state index in [0.29, 0.717) is 9.26 Å². The van der Waals surface area contributed by atoms with Crippen LogP contribution in [-0.2, 0) is 0 Å². The molecule has 108 valence electrons. The average molecular weight is 402 g/mol. The number of halogens is 2. The fourth-order valence-electron chi connectivity index (χ4n) is 1.66. The van der Waals surface area contributed by atoms with Crippen LogP contribution in [0.5, 0.6) is 0 Å². The van der Waals surface area contributed by atoms with Gasteiger partial charge < -0.3 is 10.4 Å². The molecule has 2 N–H and O–H groups in total. The van der Waals surface area contributed by atoms with Crippen LogP contribution in [-0.4, -0.2) is 16.0 Å². The quantitative estimate of drug-likeness (QED) is 0.462. The first-order valence-electron chi connectivity index (χ1n) is 5.62. The molecule has 0 fully saturated rings. The molecule has 0 heterocycles. The molecule has 21 heavy (non-hydrogen) atoms. The molecule has 0 aliphatic rings. The van der Waals surface area contributed by atoms with Gasteiger partial charge in [0.15, 0.2) is 0 Å². The Labute approximate surface area is 131 Å². The minimum atomic E-state index is -1.25. The summed E-state index contributed by atoms with van der Waals surface area (Å²) in [6.45, 7) is 0. The van der Waals surface area contributed by atoms with Crippen molar-refractivity contribution in [3.05, 3.63) is 61.5 Å². The number of nitrogens with zero attached hydrogens (tertiary/aromatic N) is 1. The summed E-state index contributed by atoms with van der Waals surface area (Å²) in [4.78, 5) is 21.2. The molecular formula is C13H8FIN2O4. The molecule has 0 saturated heterocycles. The van der Waals surface area contributed by atoms with Crippen molar-refractivity contribution in [3.8, 4) is 0 Å². The van der Waals surface area contributed by atoms with E-state index in [-0.39, 0.29) is 16.9 Å². The van der Waals surface area contributed by atoms with Crippen LogP contribution in [0.2, 0.25) is 0 Å². The fraction of sp³-hybridized carbons (Fsp3) is 0. The van der Waals surface area contributed by atoms with E-state index in [1.165, 1.54) is 30.3 Å². The van der Waals surface area contributed by atoms with Gasteiger partial charge in [-0.25, -0.2) is 9.18 Å². The summed E-state index contributed by atoms with van der Waals surface area (Å²) in [5.74, 6) is -1.67. The first-order chi connectivity index (χ1) is 9.88. The van der Waals surface area contributed by atoms with Crippen LogP contribution in [0.25, 0.3) is 0 Å². The molecule has 8 heteroatoms. The van der Waals surface area contributed by atoms with Crippen molar-refractivity contribution < 1.29 is 19.2 Å². The molecule has 0 aliphatic heterocycles. The number of anilines is 2. The molecule has 0 atom stereocenters. The molecule has 2 aromatic carbocycles. The number of rotatable bonds is 4. The van der Waals surface area contributed by atoms with Crippen LogP contribution in [0.1, 0.15) is 10.4 Å². The Morgan fingerprint density at radius 3 is 2.48 bits per heavy atom. The van der Waals surface area contributed by atoms with Crippen molar-refractivity contribution in [1.29, 1.82) is 0 Å². The summed E-state index contributed by atoms with van der Waals surface area (Å²) in [6, 6.07) is 7.49. The molecule has 0 saturated carbocycles. The number of nitro benzene ring substituents is 1. The fourth-order valence-corrected chi connectivity index (χ4v) is 2.27. The topological polar surface area (TPSA) is 92.5 Å². The van der Waals surface area contributed by atoms with E-state index >= 15 is 0 Å². The van der Waals surface area contributed by atoms with Crippen molar-refractivity contribution in [1.82, 2.24) is 0 Å². The predicted octanol–water partition coefficient (Wildman–Crippen LogP) is 3.78. The van der Waals surface area contributed by atoms with E-state index in [0.717, 1.165) is 6.07 Å². The van der Waals surface area contributed by atoms with Gasteiger partial charge >= 0.3 is 5.97 Å². The molecule has 0 bridgehead atoms. The van der Waals surface area contributed by atoms with Crippen LogP contribution < -0.4 is 5.32 Å². The highest BCUT2D eigenvalue weighted by Crippen LogP contribution is 2.30. The Morgan fingerprint density at radius 1 is 1.24 bits per heavy atom. The third-order valence-electron chi connectivity index (χ3n) is 2.64. The second kappa shape index (κ2) is 6.04. The maximum atomic E-state index is 13.0. The van der Waals surface area contributed by atoms with Gasteiger partial charge in [-0.2, -0.15) is 0 Å². The highest BCUT2D eigenvalue weighted by molar-refractivity contribution is 14.1. The van der Waals surface area contributed by atoms with Crippen molar-refractivity contribution in [2.24, 2.45) is 0 Å². The molecule has 0 radical (unpaired) electrons. The highest BCUT2D eigenvalue weighted by Gasteiger charge is 2.18. The lowest BCUT2D eigenvalue weighted by molar-refractivity contribution is -0.383. The van der Waals surface area contributed by atoms with Crippen LogP contribution in [0.15, 0.2) is 36.4 Å². The number of aromatic carboxylic acids is 1. The number of hydrogen-bond donors (Lipinski definition) is 2. The van der Waals surface area contributed by atoms with E-state index in [9.17, 15) is 19.3 Å². The van der Waals surface area contributed by atoms with Crippen LogP contribution in [0, 0.1) is 19.5 Å². The van der Waals surface area contributed by atoms with Crippen LogP contribution >= 0.6 is 22.6 Å². The van der Waals surface area contributed by atoms with E-state index in [2.05, 4.69) is 5.32 Å². The predicted molar refractivity (Wildman–Crippen MR) is 82.5 cm³/mol. The standard InChI is InChI=1S/C13H8FIN2O4/c14-8-2-4-10(9(15)6-8)16-11-3-1-7(13(18)19)5-12(11)17(20)21/h1-6,16H,(H,18,19). The number of benzene rings is 2. The Hall–Kier alpha value is -2.23. The second-order valence-electron chi connectivity index (χ2n) is 4.04. The normalized spacial score (nSPS) is 10.2. The van der Waals surface area contributed by atoms with Crippen molar-refractivity contribution in [2.75, 3.05) is 5.32 Å². The smallest absolute Gasteiger partial charge is 0.335 e. The van der Waals surface area contributed by atoms with Gasteiger partial charge in [-0.3, -0.25) is 10.1 Å². The third-order valence-corrected chi connectivity index (χ3v) is 3.53. The molecule has 0 aromatic heterocycles. The monoisotopic (exact) mass is 402 g/mol. The van der Waals surface area contributed by atoms with Gasteiger partial charge in [-0.15, -0.1) is 0 Å². The van der Waals surface area contributed by atoms with Gasteiger partial charge in [0.1, 0.15) is 11.5 Å². The molecule has 0 aliphatic carbocycles. The number of nitrogens with one attached hydrogen (secondary N) is 1. The zero-order valence-electron chi connectivity index (χ0n) is 10.3. The van der Waals surface area contributed by atoms with Gasteiger partial charge in [-0.05, 0) is 52.9 Å². The summed E-state index contributed by atoms with van der Waals surface area (Å²) in [5.41, 5.74) is 0.0776. The minimum Gasteiger partial charge on any atom is -0.478 e. The molecule has 0 unspecified atom stereocenters. The van der Waals surface area contributed by atoms with E-state index in [4.69, 9.17) is 5.11 Å². The Morgan fingerprint density at radius 2 is 1.90 bits per heavy atom. The maximum absolute atomic E-state index is 13.0. The number of carboxylic acids is 1. The summed E-state index contributed by atoms with van der Waals surface area (Å²) < 4.78 is 13.6. The van der Waals surface area contributed by atoms with Gasteiger partial charge in [0.05, 0.1) is 16.2 Å². The van der Waals surface area contributed by atoms with E-state index in [1.54, 1.807) is 0 Å². The lowest BCUT2D eigenvalue weighted by Crippen LogP contribution is -2.02. The Balaban J connectivity index is 2.44.